The first-order valence-electron chi connectivity index (χ1n) is 14.7. The van der Waals surface area contributed by atoms with Crippen molar-refractivity contribution in [2.24, 2.45) is 5.41 Å². The van der Waals surface area contributed by atoms with Crippen molar-refractivity contribution in [1.29, 1.82) is 0 Å². The van der Waals surface area contributed by atoms with E-state index in [-0.39, 0.29) is 25.9 Å². The molecule has 0 atom stereocenters. The summed E-state index contributed by atoms with van der Waals surface area (Å²) in [4.78, 5) is 8.86. The molecule has 2 saturated carbocycles. The van der Waals surface area contributed by atoms with Crippen molar-refractivity contribution in [3.05, 3.63) is 42.6 Å². The Balaban J connectivity index is 1.17. The number of rotatable bonds is 8. The number of aliphatic hydroxyl groups excluding tert-OH is 1. The molecule has 2 aliphatic heterocycles. The lowest BCUT2D eigenvalue weighted by Crippen LogP contribution is -2.39. The second-order valence-electron chi connectivity index (χ2n) is 12.4. The van der Waals surface area contributed by atoms with Gasteiger partial charge in [-0.3, -0.25) is 4.72 Å². The molecule has 4 fully saturated rings. The minimum Gasteiger partial charge on any atom is -0.395 e. The molecular weight excluding hydrogens is 564 g/mol. The van der Waals surface area contributed by atoms with Gasteiger partial charge in [-0.05, 0) is 74.3 Å². The second kappa shape index (κ2) is 9.87. The summed E-state index contributed by atoms with van der Waals surface area (Å²) in [5, 5.41) is 18.5. The Morgan fingerprint density at radius 1 is 0.857 bits per heavy atom. The highest BCUT2D eigenvalue weighted by Crippen LogP contribution is 2.54. The fourth-order valence-corrected chi connectivity index (χ4v) is 7.61. The van der Waals surface area contributed by atoms with Crippen LogP contribution in [0.3, 0.4) is 0 Å². The summed E-state index contributed by atoms with van der Waals surface area (Å²) in [5.74, 6) is -2.00. The number of nitrogens with zero attached hydrogens (tertiary/aromatic N) is 6. The molecule has 42 heavy (non-hydrogen) atoms. The third-order valence-electron chi connectivity index (χ3n) is 9.57. The van der Waals surface area contributed by atoms with Gasteiger partial charge in [0, 0.05) is 39.0 Å². The number of alkyl halides is 2. The Kier molecular flexibility index (Phi) is 6.46. The summed E-state index contributed by atoms with van der Waals surface area (Å²) in [6.45, 7) is 1.81. The molecule has 3 aromatic rings. The number of benzene rings is 1. The van der Waals surface area contributed by atoms with E-state index in [1.807, 2.05) is 35.2 Å². The van der Waals surface area contributed by atoms with E-state index in [1.54, 1.807) is 16.9 Å². The predicted octanol–water partition coefficient (Wildman–Crippen LogP) is 4.21. The molecule has 13 heteroatoms. The Bertz CT molecular complexity index is 1580. The zero-order valence-corrected chi connectivity index (χ0v) is 24.2. The lowest BCUT2D eigenvalue weighted by Gasteiger charge is -2.35. The second-order valence-corrected chi connectivity index (χ2v) is 14.5. The summed E-state index contributed by atoms with van der Waals surface area (Å²) in [6, 6.07) is 10.9. The van der Waals surface area contributed by atoms with Crippen LogP contribution in [0.5, 0.6) is 0 Å². The van der Waals surface area contributed by atoms with Crippen molar-refractivity contribution in [2.45, 2.75) is 62.0 Å². The minimum absolute atomic E-state index is 0.192. The highest BCUT2D eigenvalue weighted by atomic mass is 32.2. The summed E-state index contributed by atoms with van der Waals surface area (Å²) in [6.07, 6.45) is 7.03. The zero-order valence-electron chi connectivity index (χ0n) is 23.3. The van der Waals surface area contributed by atoms with Crippen LogP contribution >= 0.6 is 0 Å². The van der Waals surface area contributed by atoms with Crippen LogP contribution in [-0.2, 0) is 10.0 Å². The molecule has 0 radical (unpaired) electrons. The number of sulfonamides is 1. The zero-order chi connectivity index (χ0) is 29.2. The smallest absolute Gasteiger partial charge is 0.251 e. The SMILES string of the molecule is O=S(=O)(Nc1ccc(-n2cc(-c3cccc(N4CCC(F)(F)CC4)n3)nn2)c(N2CCC3(CC2)CC3)c1)C1(CO)CC1. The van der Waals surface area contributed by atoms with E-state index >= 15 is 0 Å². The molecule has 2 N–H and O–H groups in total. The predicted molar refractivity (Wildman–Crippen MR) is 156 cm³/mol. The van der Waals surface area contributed by atoms with Crippen molar-refractivity contribution in [2.75, 3.05) is 47.3 Å². The molecule has 10 nitrogen and oxygen atoms in total. The first-order chi connectivity index (χ1) is 20.1. The molecule has 1 aromatic carbocycles. The number of aromatic nitrogens is 4. The maximum atomic E-state index is 13.7. The summed E-state index contributed by atoms with van der Waals surface area (Å²) in [5.41, 5.74) is 3.67. The van der Waals surface area contributed by atoms with E-state index in [1.165, 1.54) is 12.8 Å². The van der Waals surface area contributed by atoms with Crippen molar-refractivity contribution >= 4 is 27.2 Å². The van der Waals surface area contributed by atoms with Crippen LogP contribution in [0.25, 0.3) is 17.1 Å². The van der Waals surface area contributed by atoms with Crippen molar-refractivity contribution in [1.82, 2.24) is 20.0 Å². The topological polar surface area (TPSA) is 116 Å². The molecule has 2 aromatic heterocycles. The highest BCUT2D eigenvalue weighted by molar-refractivity contribution is 7.94. The molecular formula is C29H35F2N7O3S. The molecule has 0 amide bonds. The Morgan fingerprint density at radius 3 is 2.24 bits per heavy atom. The van der Waals surface area contributed by atoms with Gasteiger partial charge in [0.2, 0.25) is 10.0 Å². The van der Waals surface area contributed by atoms with Crippen LogP contribution in [-0.4, -0.2) is 77.0 Å². The van der Waals surface area contributed by atoms with Crippen molar-refractivity contribution < 1.29 is 22.3 Å². The number of nitrogens with one attached hydrogen (secondary N) is 1. The monoisotopic (exact) mass is 599 g/mol. The Morgan fingerprint density at radius 2 is 1.57 bits per heavy atom. The average Bonchev–Trinajstić information content (AvgIpc) is 3.90. The summed E-state index contributed by atoms with van der Waals surface area (Å²) in [7, 11) is -3.74. The number of aliphatic hydroxyl groups is 1. The molecule has 2 saturated heterocycles. The minimum atomic E-state index is -3.74. The Hall–Kier alpha value is -3.32. The molecule has 0 bridgehead atoms. The van der Waals surface area contributed by atoms with E-state index in [4.69, 9.17) is 4.98 Å². The third kappa shape index (κ3) is 5.10. The first-order valence-corrected chi connectivity index (χ1v) is 16.1. The molecule has 4 heterocycles. The molecule has 1 spiro atoms. The lowest BCUT2D eigenvalue weighted by molar-refractivity contribution is -0.0221. The number of hydrogen-bond donors (Lipinski definition) is 2. The number of pyridine rings is 1. The van der Waals surface area contributed by atoms with Gasteiger partial charge in [-0.15, -0.1) is 5.10 Å². The van der Waals surface area contributed by atoms with Crippen molar-refractivity contribution in [3.63, 3.8) is 0 Å². The van der Waals surface area contributed by atoms with E-state index in [0.29, 0.717) is 41.1 Å². The first kappa shape index (κ1) is 27.5. The molecule has 0 unspecified atom stereocenters. The van der Waals surface area contributed by atoms with E-state index < -0.39 is 27.3 Å². The van der Waals surface area contributed by atoms with Crippen LogP contribution in [0.15, 0.2) is 42.6 Å². The molecule has 7 rings (SSSR count). The number of halogens is 2. The van der Waals surface area contributed by atoms with E-state index in [2.05, 4.69) is 19.9 Å². The van der Waals surface area contributed by atoms with Gasteiger partial charge in [0.05, 0.1) is 35.6 Å². The maximum Gasteiger partial charge on any atom is 0.251 e. The van der Waals surface area contributed by atoms with Gasteiger partial charge in [-0.2, -0.15) is 0 Å². The maximum absolute atomic E-state index is 13.7. The Labute approximate surface area is 243 Å². The lowest BCUT2D eigenvalue weighted by atomic mass is 9.93. The molecule has 2 aliphatic carbocycles. The van der Waals surface area contributed by atoms with E-state index in [9.17, 15) is 22.3 Å². The van der Waals surface area contributed by atoms with E-state index in [0.717, 1.165) is 37.3 Å². The van der Waals surface area contributed by atoms with Gasteiger partial charge in [0.25, 0.3) is 5.92 Å². The third-order valence-corrected chi connectivity index (χ3v) is 11.8. The van der Waals surface area contributed by atoms with Crippen LogP contribution in [0.4, 0.5) is 26.0 Å². The molecule has 224 valence electrons. The van der Waals surface area contributed by atoms with Crippen molar-refractivity contribution in [3.8, 4) is 17.1 Å². The van der Waals surface area contributed by atoms with Gasteiger partial charge < -0.3 is 14.9 Å². The number of anilines is 3. The number of piperidine rings is 2. The average molecular weight is 600 g/mol. The van der Waals surface area contributed by atoms with Crippen LogP contribution in [0, 0.1) is 5.41 Å². The summed E-state index contributed by atoms with van der Waals surface area (Å²) < 4.78 is 56.7. The highest BCUT2D eigenvalue weighted by Gasteiger charge is 2.54. The number of hydrogen-bond acceptors (Lipinski definition) is 8. The standard InChI is InChI=1S/C29H35F2N7O3S/c30-29(31)12-16-37(17-13-29)26-3-1-2-22(32-26)23-19-38(35-33-23)24-5-4-21(34-42(40,41)28(20-39)8-9-28)18-25(24)36-14-10-27(6-7-27)11-15-36/h1-5,18-19,34,39H,6-17,20H2. The fraction of sp³-hybridized carbons (Fsp3) is 0.552. The molecule has 4 aliphatic rings. The van der Waals surface area contributed by atoms with Crippen LogP contribution < -0.4 is 14.5 Å². The van der Waals surface area contributed by atoms with Gasteiger partial charge in [-0.25, -0.2) is 26.9 Å². The van der Waals surface area contributed by atoms with Crippen LogP contribution in [0.1, 0.15) is 51.4 Å². The van der Waals surface area contributed by atoms with Gasteiger partial charge in [0.1, 0.15) is 16.3 Å². The van der Waals surface area contributed by atoms with Gasteiger partial charge >= 0.3 is 0 Å². The van der Waals surface area contributed by atoms with Gasteiger partial charge in [-0.1, -0.05) is 11.3 Å². The van der Waals surface area contributed by atoms with Gasteiger partial charge in [0.15, 0.2) is 0 Å². The normalized spacial score (nSPS) is 22.3. The fourth-order valence-electron chi connectivity index (χ4n) is 6.15. The van der Waals surface area contributed by atoms with Crippen LogP contribution in [0.2, 0.25) is 0 Å². The summed E-state index contributed by atoms with van der Waals surface area (Å²) >= 11 is 0. The quantitative estimate of drug-likeness (QED) is 0.396. The largest absolute Gasteiger partial charge is 0.395 e.